The summed E-state index contributed by atoms with van der Waals surface area (Å²) in [5, 5.41) is 11.6. The Hall–Kier alpha value is -2.45. The Morgan fingerprint density at radius 3 is 2.68 bits per heavy atom. The van der Waals surface area contributed by atoms with Crippen LogP contribution in [0.2, 0.25) is 0 Å². The standard InChI is InChI=1S/C23H30FN3O4/c1-16(28)25(3)20-13-23(31-15-22(20,2)30)7-10-26(11-8-23)21(29)14-27-9-6-17-4-5-18(24)12-19(17)27/h4-6,9,12,20,30H,7-8,10-11,13-15H2,1-3H3/t20-,22-/m0/s1. The van der Waals surface area contributed by atoms with Gasteiger partial charge in [0.05, 0.1) is 23.8 Å². The smallest absolute Gasteiger partial charge is 0.242 e. The van der Waals surface area contributed by atoms with Crippen molar-refractivity contribution in [2.45, 2.75) is 56.9 Å². The van der Waals surface area contributed by atoms with Crippen LogP contribution < -0.4 is 0 Å². The van der Waals surface area contributed by atoms with Crippen LogP contribution in [0.4, 0.5) is 4.39 Å². The van der Waals surface area contributed by atoms with E-state index in [4.69, 9.17) is 4.74 Å². The number of likely N-dealkylation sites (tertiary alicyclic amines) is 1. The van der Waals surface area contributed by atoms with E-state index in [2.05, 4.69) is 0 Å². The summed E-state index contributed by atoms with van der Waals surface area (Å²) in [6.07, 6.45) is 3.65. The lowest BCUT2D eigenvalue weighted by molar-refractivity contribution is -0.209. The number of amides is 2. The van der Waals surface area contributed by atoms with Crippen molar-refractivity contribution < 1.29 is 23.8 Å². The molecule has 31 heavy (non-hydrogen) atoms. The lowest BCUT2D eigenvalue weighted by atomic mass is 9.77. The maximum absolute atomic E-state index is 13.6. The number of benzene rings is 1. The maximum atomic E-state index is 13.6. The first-order valence-corrected chi connectivity index (χ1v) is 10.7. The number of likely N-dealkylation sites (N-methyl/N-ethyl adjacent to an activating group) is 1. The Morgan fingerprint density at radius 1 is 1.29 bits per heavy atom. The SMILES string of the molecule is CC(=O)N(C)[C@H]1CC2(CCN(C(=O)Cn3ccc4ccc(F)cc43)CC2)OC[C@]1(C)O. The van der Waals surface area contributed by atoms with Crippen molar-refractivity contribution in [3.05, 3.63) is 36.3 Å². The summed E-state index contributed by atoms with van der Waals surface area (Å²) in [5.74, 6) is -0.433. The average Bonchev–Trinajstić information content (AvgIpc) is 3.12. The van der Waals surface area contributed by atoms with E-state index in [1.165, 1.54) is 19.1 Å². The number of carbonyl (C=O) groups is 2. The molecule has 2 atom stereocenters. The van der Waals surface area contributed by atoms with Crippen LogP contribution in [-0.2, 0) is 20.9 Å². The number of aliphatic hydroxyl groups is 1. The number of ether oxygens (including phenoxy) is 1. The van der Waals surface area contributed by atoms with E-state index in [-0.39, 0.29) is 36.8 Å². The Balaban J connectivity index is 1.41. The van der Waals surface area contributed by atoms with Crippen LogP contribution in [0.25, 0.3) is 10.9 Å². The maximum Gasteiger partial charge on any atom is 0.242 e. The molecule has 0 bridgehead atoms. The number of halogens is 1. The number of fused-ring (bicyclic) bond motifs is 1. The zero-order chi connectivity index (χ0) is 22.4. The van der Waals surface area contributed by atoms with Crippen molar-refractivity contribution in [1.82, 2.24) is 14.4 Å². The van der Waals surface area contributed by atoms with Crippen LogP contribution in [0.15, 0.2) is 30.5 Å². The molecule has 3 heterocycles. The lowest BCUT2D eigenvalue weighted by Gasteiger charge is -2.52. The predicted octanol–water partition coefficient (Wildman–Crippen LogP) is 2.16. The van der Waals surface area contributed by atoms with Gasteiger partial charge in [-0.1, -0.05) is 0 Å². The highest BCUT2D eigenvalue weighted by molar-refractivity contribution is 5.83. The highest BCUT2D eigenvalue weighted by atomic mass is 19.1. The zero-order valence-corrected chi connectivity index (χ0v) is 18.3. The van der Waals surface area contributed by atoms with Gasteiger partial charge in [0.2, 0.25) is 11.8 Å². The largest absolute Gasteiger partial charge is 0.386 e. The number of hydrogen-bond acceptors (Lipinski definition) is 4. The molecule has 0 saturated carbocycles. The molecule has 1 spiro atoms. The van der Waals surface area contributed by atoms with Gasteiger partial charge in [0.15, 0.2) is 0 Å². The average molecular weight is 432 g/mol. The topological polar surface area (TPSA) is 75.0 Å². The Kier molecular flexibility index (Phi) is 5.55. The zero-order valence-electron chi connectivity index (χ0n) is 18.3. The van der Waals surface area contributed by atoms with Gasteiger partial charge >= 0.3 is 0 Å². The molecule has 0 radical (unpaired) electrons. The molecule has 7 nitrogen and oxygen atoms in total. The fraction of sp³-hybridized carbons (Fsp3) is 0.565. The summed E-state index contributed by atoms with van der Waals surface area (Å²) in [6.45, 7) is 4.61. The third kappa shape index (κ3) is 4.19. The molecule has 4 rings (SSSR count). The first kappa shape index (κ1) is 21.8. The van der Waals surface area contributed by atoms with Crippen LogP contribution in [0.3, 0.4) is 0 Å². The molecule has 0 unspecified atom stereocenters. The van der Waals surface area contributed by atoms with E-state index in [9.17, 15) is 19.1 Å². The van der Waals surface area contributed by atoms with Crippen LogP contribution >= 0.6 is 0 Å². The second kappa shape index (κ2) is 7.91. The minimum absolute atomic E-state index is 0.0168. The quantitative estimate of drug-likeness (QED) is 0.808. The van der Waals surface area contributed by atoms with Gasteiger partial charge in [-0.3, -0.25) is 9.59 Å². The number of carbonyl (C=O) groups excluding carboxylic acids is 2. The first-order valence-electron chi connectivity index (χ1n) is 10.7. The van der Waals surface area contributed by atoms with Gasteiger partial charge in [0.25, 0.3) is 0 Å². The van der Waals surface area contributed by atoms with E-state index in [0.717, 1.165) is 5.39 Å². The predicted molar refractivity (Wildman–Crippen MR) is 114 cm³/mol. The van der Waals surface area contributed by atoms with Gasteiger partial charge in [-0.25, -0.2) is 4.39 Å². The van der Waals surface area contributed by atoms with Crippen molar-refractivity contribution in [1.29, 1.82) is 0 Å². The molecule has 2 aliphatic rings. The molecule has 168 valence electrons. The van der Waals surface area contributed by atoms with Crippen molar-refractivity contribution in [2.75, 3.05) is 26.7 Å². The second-order valence-corrected chi connectivity index (χ2v) is 9.21. The molecular formula is C23H30FN3O4. The van der Waals surface area contributed by atoms with Gasteiger partial charge in [-0.15, -0.1) is 0 Å². The Morgan fingerprint density at radius 2 is 2.00 bits per heavy atom. The van der Waals surface area contributed by atoms with Crippen LogP contribution in [-0.4, -0.2) is 75.3 Å². The summed E-state index contributed by atoms with van der Waals surface area (Å²) in [5.41, 5.74) is -0.852. The first-order chi connectivity index (χ1) is 14.6. The summed E-state index contributed by atoms with van der Waals surface area (Å²) in [4.78, 5) is 28.2. The van der Waals surface area contributed by atoms with Gasteiger partial charge in [-0.05, 0) is 55.8 Å². The Bertz CT molecular complexity index is 994. The molecule has 8 heteroatoms. The van der Waals surface area contributed by atoms with Crippen LogP contribution in [0.1, 0.15) is 33.1 Å². The minimum atomic E-state index is -1.11. The third-order valence-electron chi connectivity index (χ3n) is 6.99. The third-order valence-corrected chi connectivity index (χ3v) is 6.99. The van der Waals surface area contributed by atoms with Crippen molar-refractivity contribution in [2.24, 2.45) is 0 Å². The summed E-state index contributed by atoms with van der Waals surface area (Å²) < 4.78 is 21.5. The number of rotatable bonds is 3. The highest BCUT2D eigenvalue weighted by Gasteiger charge is 2.50. The van der Waals surface area contributed by atoms with Crippen molar-refractivity contribution in [3.8, 4) is 0 Å². The highest BCUT2D eigenvalue weighted by Crippen LogP contribution is 2.40. The summed E-state index contributed by atoms with van der Waals surface area (Å²) in [6, 6.07) is 6.11. The van der Waals surface area contributed by atoms with E-state index in [0.29, 0.717) is 37.9 Å². The number of hydrogen-bond donors (Lipinski definition) is 1. The molecule has 2 fully saturated rings. The fourth-order valence-electron chi connectivity index (χ4n) is 4.85. The molecule has 2 aliphatic heterocycles. The molecule has 2 amide bonds. The van der Waals surface area contributed by atoms with Crippen molar-refractivity contribution in [3.63, 3.8) is 0 Å². The molecule has 0 aliphatic carbocycles. The normalized spacial score (nSPS) is 25.7. The minimum Gasteiger partial charge on any atom is -0.386 e. The molecule has 1 aromatic carbocycles. The van der Waals surface area contributed by atoms with Crippen LogP contribution in [0, 0.1) is 5.82 Å². The number of piperidine rings is 1. The van der Waals surface area contributed by atoms with Gasteiger partial charge in [0.1, 0.15) is 18.0 Å². The van der Waals surface area contributed by atoms with E-state index < -0.39 is 11.2 Å². The van der Waals surface area contributed by atoms with Gasteiger partial charge in [-0.2, -0.15) is 0 Å². The molecule has 2 saturated heterocycles. The van der Waals surface area contributed by atoms with Crippen molar-refractivity contribution >= 4 is 22.7 Å². The van der Waals surface area contributed by atoms with Gasteiger partial charge < -0.3 is 24.2 Å². The number of nitrogens with zero attached hydrogens (tertiary/aromatic N) is 3. The van der Waals surface area contributed by atoms with E-state index >= 15 is 0 Å². The van der Waals surface area contributed by atoms with Crippen LogP contribution in [0.5, 0.6) is 0 Å². The second-order valence-electron chi connectivity index (χ2n) is 9.21. The molecule has 1 N–H and O–H groups in total. The monoisotopic (exact) mass is 431 g/mol. The Labute approximate surface area is 181 Å². The van der Waals surface area contributed by atoms with E-state index in [1.54, 1.807) is 29.5 Å². The molecule has 1 aromatic heterocycles. The summed E-state index contributed by atoms with van der Waals surface area (Å²) >= 11 is 0. The summed E-state index contributed by atoms with van der Waals surface area (Å²) in [7, 11) is 1.71. The fourth-order valence-corrected chi connectivity index (χ4v) is 4.85. The van der Waals surface area contributed by atoms with E-state index in [1.807, 2.05) is 17.2 Å². The molecule has 2 aromatic rings. The van der Waals surface area contributed by atoms with Gasteiger partial charge in [0, 0.05) is 33.3 Å². The number of aromatic nitrogens is 1. The lowest BCUT2D eigenvalue weighted by Crippen LogP contribution is -2.64. The molecular weight excluding hydrogens is 401 g/mol.